The third kappa shape index (κ3) is 3.24. The van der Waals surface area contributed by atoms with Crippen molar-refractivity contribution in [1.29, 1.82) is 5.26 Å². The van der Waals surface area contributed by atoms with Gasteiger partial charge in [-0.25, -0.2) is 13.2 Å². The van der Waals surface area contributed by atoms with E-state index in [1.165, 1.54) is 18.2 Å². The molecule has 6 nitrogen and oxygen atoms in total. The highest BCUT2D eigenvalue weighted by Gasteiger charge is 2.20. The molecule has 2 rings (SSSR count). The van der Waals surface area contributed by atoms with E-state index >= 15 is 0 Å². The summed E-state index contributed by atoms with van der Waals surface area (Å²) in [5.41, 5.74) is 0.0451. The Morgan fingerprint density at radius 1 is 1.38 bits per heavy atom. The first-order valence-electron chi connectivity index (χ1n) is 5.38. The van der Waals surface area contributed by atoms with Crippen LogP contribution in [0.25, 0.3) is 0 Å². The Bertz CT molecular complexity index is 852. The molecule has 0 amide bonds. The highest BCUT2D eigenvalue weighted by Crippen LogP contribution is 2.27. The topological polar surface area (TPSA) is 107 Å². The zero-order valence-corrected chi connectivity index (χ0v) is 13.4. The molecule has 0 saturated carbocycles. The summed E-state index contributed by atoms with van der Waals surface area (Å²) in [5.74, 6) is -1.24. The lowest BCUT2D eigenvalue weighted by molar-refractivity contribution is 0.0695. The number of nitriles is 1. The highest BCUT2D eigenvalue weighted by molar-refractivity contribution is 9.10. The first-order chi connectivity index (χ1) is 9.85. The van der Waals surface area contributed by atoms with E-state index in [9.17, 15) is 13.2 Å². The molecule has 2 N–H and O–H groups in total. The lowest BCUT2D eigenvalue weighted by Gasteiger charge is -2.08. The Kier molecular flexibility index (Phi) is 4.32. The van der Waals surface area contributed by atoms with Crippen LogP contribution in [0.2, 0.25) is 0 Å². The molecule has 0 bridgehead atoms. The summed E-state index contributed by atoms with van der Waals surface area (Å²) in [6.45, 7) is 0. The van der Waals surface area contributed by atoms with Gasteiger partial charge >= 0.3 is 5.97 Å². The van der Waals surface area contributed by atoms with Gasteiger partial charge in [-0.05, 0) is 45.6 Å². The molecule has 0 fully saturated rings. The van der Waals surface area contributed by atoms with E-state index in [4.69, 9.17) is 10.4 Å². The first kappa shape index (κ1) is 15.5. The minimum atomic E-state index is -3.96. The Hall–Kier alpha value is -1.89. The zero-order valence-electron chi connectivity index (χ0n) is 10.2. The summed E-state index contributed by atoms with van der Waals surface area (Å²) in [7, 11) is -3.96. The first-order valence-corrected chi connectivity index (χ1v) is 8.54. The molecule has 1 aromatic heterocycles. The standard InChI is InChI=1S/C12H7BrN2O4S2/c13-10-2-1-8(5-9(10)12(16)17)21(18,19)15-11-7(6-14)3-4-20-11/h1-5,15H,(H,16,17). The number of carboxylic acid groups (broad SMARTS) is 1. The normalized spacial score (nSPS) is 10.9. The Balaban J connectivity index is 2.43. The van der Waals surface area contributed by atoms with Crippen LogP contribution < -0.4 is 4.72 Å². The monoisotopic (exact) mass is 386 g/mol. The van der Waals surface area contributed by atoms with Crippen LogP contribution >= 0.6 is 27.3 Å². The van der Waals surface area contributed by atoms with Crippen molar-refractivity contribution in [2.75, 3.05) is 4.72 Å². The summed E-state index contributed by atoms with van der Waals surface area (Å²) in [6, 6.07) is 7.03. The van der Waals surface area contributed by atoms with E-state index in [2.05, 4.69) is 20.7 Å². The fourth-order valence-corrected chi connectivity index (χ4v) is 4.00. The number of aromatic carboxylic acids is 1. The molecule has 1 heterocycles. The minimum Gasteiger partial charge on any atom is -0.478 e. The second-order valence-electron chi connectivity index (χ2n) is 3.83. The van der Waals surface area contributed by atoms with E-state index in [0.717, 1.165) is 17.4 Å². The number of benzene rings is 1. The maximum absolute atomic E-state index is 12.2. The van der Waals surface area contributed by atoms with Crippen LogP contribution in [0.4, 0.5) is 5.00 Å². The molecule has 1 aromatic carbocycles. The average Bonchev–Trinajstić information content (AvgIpc) is 2.85. The predicted molar refractivity (Wildman–Crippen MR) is 80.9 cm³/mol. The maximum Gasteiger partial charge on any atom is 0.336 e. The van der Waals surface area contributed by atoms with Crippen LogP contribution in [0.3, 0.4) is 0 Å². The van der Waals surface area contributed by atoms with Crippen molar-refractivity contribution in [3.63, 3.8) is 0 Å². The van der Waals surface area contributed by atoms with Gasteiger partial charge in [0.15, 0.2) is 0 Å². The fraction of sp³-hybridized carbons (Fsp3) is 0. The molecule has 0 radical (unpaired) electrons. The molecule has 0 aliphatic carbocycles. The highest BCUT2D eigenvalue weighted by atomic mass is 79.9. The largest absolute Gasteiger partial charge is 0.478 e. The minimum absolute atomic E-state index is 0.162. The van der Waals surface area contributed by atoms with Gasteiger partial charge in [0, 0.05) is 4.47 Å². The van der Waals surface area contributed by atoms with E-state index in [-0.39, 0.29) is 25.5 Å². The van der Waals surface area contributed by atoms with Gasteiger partial charge in [0.05, 0.1) is 16.0 Å². The summed E-state index contributed by atoms with van der Waals surface area (Å²) < 4.78 is 27.0. The Morgan fingerprint density at radius 2 is 2.10 bits per heavy atom. The van der Waals surface area contributed by atoms with Crippen LogP contribution in [-0.4, -0.2) is 19.5 Å². The fourth-order valence-electron chi connectivity index (χ4n) is 1.49. The summed E-state index contributed by atoms with van der Waals surface area (Å²) in [6.07, 6.45) is 0. The van der Waals surface area contributed by atoms with Gasteiger partial charge in [0.25, 0.3) is 10.0 Å². The number of nitrogens with one attached hydrogen (secondary N) is 1. The zero-order chi connectivity index (χ0) is 15.6. The van der Waals surface area contributed by atoms with Crippen molar-refractivity contribution in [3.8, 4) is 6.07 Å². The number of rotatable bonds is 4. The van der Waals surface area contributed by atoms with Crippen LogP contribution in [0, 0.1) is 11.3 Å². The number of carboxylic acids is 1. The third-order valence-corrected chi connectivity index (χ3v) is 5.49. The second kappa shape index (κ2) is 5.85. The Morgan fingerprint density at radius 3 is 2.71 bits per heavy atom. The summed E-state index contributed by atoms with van der Waals surface area (Å²) >= 11 is 4.12. The van der Waals surface area contributed by atoms with Gasteiger partial charge in [0.2, 0.25) is 0 Å². The average molecular weight is 387 g/mol. The van der Waals surface area contributed by atoms with Crippen molar-refractivity contribution < 1.29 is 18.3 Å². The summed E-state index contributed by atoms with van der Waals surface area (Å²) in [5, 5.41) is 19.7. The van der Waals surface area contributed by atoms with Crippen LogP contribution in [0.1, 0.15) is 15.9 Å². The summed E-state index contributed by atoms with van der Waals surface area (Å²) in [4.78, 5) is 10.8. The van der Waals surface area contributed by atoms with E-state index in [0.29, 0.717) is 0 Å². The van der Waals surface area contributed by atoms with Gasteiger partial charge < -0.3 is 5.11 Å². The van der Waals surface area contributed by atoms with Crippen LogP contribution in [0.15, 0.2) is 39.0 Å². The molecule has 0 aliphatic rings. The van der Waals surface area contributed by atoms with Gasteiger partial charge in [-0.2, -0.15) is 5.26 Å². The number of nitrogens with zero attached hydrogens (tertiary/aromatic N) is 1. The van der Waals surface area contributed by atoms with Crippen LogP contribution in [0.5, 0.6) is 0 Å². The molecule has 0 saturated heterocycles. The molecule has 0 atom stereocenters. The molecule has 21 heavy (non-hydrogen) atoms. The third-order valence-electron chi connectivity index (χ3n) is 2.49. The van der Waals surface area contributed by atoms with Crippen molar-refractivity contribution in [2.24, 2.45) is 0 Å². The molecule has 2 aromatic rings. The number of thiophene rings is 1. The second-order valence-corrected chi connectivity index (χ2v) is 7.28. The van der Waals surface area contributed by atoms with Gasteiger partial charge in [0.1, 0.15) is 11.1 Å². The van der Waals surface area contributed by atoms with Gasteiger partial charge in [-0.1, -0.05) is 0 Å². The van der Waals surface area contributed by atoms with Crippen molar-refractivity contribution >= 4 is 48.3 Å². The van der Waals surface area contributed by atoms with E-state index < -0.39 is 16.0 Å². The Labute approximate surface area is 132 Å². The lowest BCUT2D eigenvalue weighted by atomic mass is 10.2. The lowest BCUT2D eigenvalue weighted by Crippen LogP contribution is -2.13. The number of sulfonamides is 1. The number of hydrogen-bond acceptors (Lipinski definition) is 5. The molecular formula is C12H7BrN2O4S2. The number of anilines is 1. The quantitative estimate of drug-likeness (QED) is 0.839. The number of halogens is 1. The van der Waals surface area contributed by atoms with Crippen molar-refractivity contribution in [2.45, 2.75) is 4.90 Å². The van der Waals surface area contributed by atoms with E-state index in [1.807, 2.05) is 6.07 Å². The predicted octanol–water partition coefficient (Wildman–Crippen LogP) is 2.88. The SMILES string of the molecule is N#Cc1ccsc1NS(=O)(=O)c1ccc(Br)c(C(=O)O)c1. The molecule has 108 valence electrons. The number of hydrogen-bond donors (Lipinski definition) is 2. The van der Waals surface area contributed by atoms with Gasteiger partial charge in [-0.3, -0.25) is 4.72 Å². The van der Waals surface area contributed by atoms with Crippen molar-refractivity contribution in [1.82, 2.24) is 0 Å². The molecular weight excluding hydrogens is 380 g/mol. The molecule has 9 heteroatoms. The van der Waals surface area contributed by atoms with Gasteiger partial charge in [-0.15, -0.1) is 11.3 Å². The van der Waals surface area contributed by atoms with E-state index in [1.54, 1.807) is 5.38 Å². The maximum atomic E-state index is 12.2. The number of carbonyl (C=O) groups is 1. The van der Waals surface area contributed by atoms with Crippen LogP contribution in [-0.2, 0) is 10.0 Å². The smallest absolute Gasteiger partial charge is 0.336 e. The van der Waals surface area contributed by atoms with Crippen molar-refractivity contribution in [3.05, 3.63) is 45.2 Å². The molecule has 0 spiro atoms. The molecule has 0 aliphatic heterocycles. The molecule has 0 unspecified atom stereocenters.